The highest BCUT2D eigenvalue weighted by molar-refractivity contribution is 7.80. The smallest absolute Gasteiger partial charge is 0.306 e. The van der Waals surface area contributed by atoms with Gasteiger partial charge in [0.1, 0.15) is 0 Å². The van der Waals surface area contributed by atoms with Gasteiger partial charge in [-0.15, -0.1) is 0 Å². The van der Waals surface area contributed by atoms with Gasteiger partial charge in [-0.2, -0.15) is 0 Å². The number of esters is 1. The Hall–Kier alpha value is -0.680. The van der Waals surface area contributed by atoms with E-state index < -0.39 is 0 Å². The highest BCUT2D eigenvalue weighted by atomic mass is 32.1. The van der Waals surface area contributed by atoms with Crippen LogP contribution in [0.2, 0.25) is 0 Å². The normalized spacial score (nSPS) is 10.1. The number of nitrogens with two attached hydrogens (primary N) is 1. The third-order valence-corrected chi connectivity index (χ3v) is 1.82. The Bertz CT molecular complexity index is 185. The van der Waals surface area contributed by atoms with Crippen molar-refractivity contribution in [1.29, 1.82) is 0 Å². The molecule has 0 aliphatic rings. The number of hydrogen-bond donors (Lipinski definition) is 1. The zero-order valence-corrected chi connectivity index (χ0v) is 8.89. The Balaban J connectivity index is 3.71. The van der Waals surface area contributed by atoms with E-state index in [0.717, 1.165) is 6.54 Å². The van der Waals surface area contributed by atoms with Crippen molar-refractivity contribution in [3.8, 4) is 0 Å². The van der Waals surface area contributed by atoms with E-state index in [1.54, 1.807) is 0 Å². The van der Waals surface area contributed by atoms with Gasteiger partial charge >= 0.3 is 5.97 Å². The number of carbonyl (C=O) groups is 1. The molecule has 0 aromatic carbocycles. The van der Waals surface area contributed by atoms with E-state index in [0.29, 0.717) is 24.5 Å². The van der Waals surface area contributed by atoms with Crippen molar-refractivity contribution in [3.05, 3.63) is 0 Å². The fourth-order valence-electron chi connectivity index (χ4n) is 0.921. The van der Waals surface area contributed by atoms with Crippen molar-refractivity contribution in [1.82, 2.24) is 4.90 Å². The molecule has 13 heavy (non-hydrogen) atoms. The van der Waals surface area contributed by atoms with E-state index >= 15 is 0 Å². The number of methoxy groups -OCH3 is 1. The van der Waals surface area contributed by atoms with Gasteiger partial charge in [-0.25, -0.2) is 0 Å². The maximum absolute atomic E-state index is 10.8. The molecule has 0 atom stereocenters. The molecule has 0 rings (SSSR count). The second-order valence-electron chi connectivity index (χ2n) is 2.66. The van der Waals surface area contributed by atoms with Crippen molar-refractivity contribution in [2.75, 3.05) is 26.7 Å². The molecular formula is C8H16N2O2S. The Morgan fingerprint density at radius 3 is 2.62 bits per heavy atom. The van der Waals surface area contributed by atoms with E-state index in [2.05, 4.69) is 4.74 Å². The molecule has 0 amide bonds. The number of likely N-dealkylation sites (N-methyl/N-ethyl adjacent to an activating group) is 1. The average molecular weight is 204 g/mol. The summed E-state index contributed by atoms with van der Waals surface area (Å²) in [6.07, 6.45) is 0.382. The summed E-state index contributed by atoms with van der Waals surface area (Å²) in [6, 6.07) is 0. The number of hydrogen-bond acceptors (Lipinski definition) is 4. The summed E-state index contributed by atoms with van der Waals surface area (Å²) in [4.78, 5) is 13.3. The summed E-state index contributed by atoms with van der Waals surface area (Å²) in [5.41, 5.74) is 5.38. The molecule has 0 unspecified atom stereocenters. The highest BCUT2D eigenvalue weighted by Crippen LogP contribution is 1.92. The summed E-state index contributed by atoms with van der Waals surface area (Å²) in [5, 5.41) is 0. The number of rotatable bonds is 6. The Morgan fingerprint density at radius 1 is 1.62 bits per heavy atom. The maximum atomic E-state index is 10.8. The lowest BCUT2D eigenvalue weighted by Gasteiger charge is -2.18. The second kappa shape index (κ2) is 6.80. The fourth-order valence-corrected chi connectivity index (χ4v) is 1.10. The van der Waals surface area contributed by atoms with Crippen molar-refractivity contribution in [2.45, 2.75) is 13.3 Å². The summed E-state index contributed by atoms with van der Waals surface area (Å²) >= 11 is 4.77. The van der Waals surface area contributed by atoms with Gasteiger partial charge in [-0.05, 0) is 6.54 Å². The SMILES string of the molecule is CCN(CCC(=O)OC)CC(N)=S. The topological polar surface area (TPSA) is 55.6 Å². The van der Waals surface area contributed by atoms with Crippen molar-refractivity contribution >= 4 is 23.2 Å². The lowest BCUT2D eigenvalue weighted by Crippen LogP contribution is -2.34. The third-order valence-electron chi connectivity index (χ3n) is 1.69. The molecule has 0 aliphatic heterocycles. The van der Waals surface area contributed by atoms with Gasteiger partial charge in [0.25, 0.3) is 0 Å². The quantitative estimate of drug-likeness (QED) is 0.493. The van der Waals surface area contributed by atoms with Crippen molar-refractivity contribution in [3.63, 3.8) is 0 Å². The molecule has 0 heterocycles. The summed E-state index contributed by atoms with van der Waals surface area (Å²) in [5.74, 6) is -0.207. The van der Waals surface area contributed by atoms with E-state index in [1.807, 2.05) is 11.8 Å². The van der Waals surface area contributed by atoms with Crippen LogP contribution in [-0.4, -0.2) is 42.6 Å². The van der Waals surface area contributed by atoms with Gasteiger partial charge in [-0.3, -0.25) is 9.69 Å². The van der Waals surface area contributed by atoms with Crippen LogP contribution in [0.25, 0.3) is 0 Å². The highest BCUT2D eigenvalue weighted by Gasteiger charge is 2.06. The van der Waals surface area contributed by atoms with Gasteiger partial charge in [-0.1, -0.05) is 19.1 Å². The molecule has 0 spiro atoms. The minimum absolute atomic E-state index is 0.207. The monoisotopic (exact) mass is 204 g/mol. The Labute approximate surface area is 84.0 Å². The molecule has 0 aliphatic carbocycles. The van der Waals surface area contributed by atoms with Crippen molar-refractivity contribution < 1.29 is 9.53 Å². The van der Waals surface area contributed by atoms with Crippen LogP contribution in [-0.2, 0) is 9.53 Å². The zero-order valence-electron chi connectivity index (χ0n) is 8.08. The number of ether oxygens (including phenoxy) is 1. The predicted octanol–water partition coefficient (Wildman–Crippen LogP) is 0.158. The first-order chi connectivity index (χ1) is 6.10. The van der Waals surface area contributed by atoms with Crippen LogP contribution >= 0.6 is 12.2 Å². The van der Waals surface area contributed by atoms with Gasteiger partial charge in [0.2, 0.25) is 0 Å². The number of carbonyl (C=O) groups excluding carboxylic acids is 1. The first kappa shape index (κ1) is 12.3. The average Bonchev–Trinajstić information content (AvgIpc) is 2.10. The molecule has 4 nitrogen and oxygen atoms in total. The molecule has 0 saturated carbocycles. The Kier molecular flexibility index (Phi) is 6.44. The molecule has 0 saturated heterocycles. The molecule has 0 aromatic heterocycles. The molecule has 0 radical (unpaired) electrons. The standard InChI is InChI=1S/C8H16N2O2S/c1-3-10(6-7(9)13)5-4-8(11)12-2/h3-6H2,1-2H3,(H2,9,13). The zero-order chi connectivity index (χ0) is 10.3. The lowest BCUT2D eigenvalue weighted by molar-refractivity contribution is -0.140. The van der Waals surface area contributed by atoms with E-state index in [9.17, 15) is 4.79 Å². The van der Waals surface area contributed by atoms with Crippen LogP contribution in [0.15, 0.2) is 0 Å². The van der Waals surface area contributed by atoms with Gasteiger partial charge in [0, 0.05) is 13.1 Å². The van der Waals surface area contributed by atoms with Crippen LogP contribution in [0.3, 0.4) is 0 Å². The minimum atomic E-state index is -0.207. The van der Waals surface area contributed by atoms with Crippen molar-refractivity contribution in [2.24, 2.45) is 5.73 Å². The maximum Gasteiger partial charge on any atom is 0.306 e. The minimum Gasteiger partial charge on any atom is -0.469 e. The van der Waals surface area contributed by atoms with Gasteiger partial charge in [0.15, 0.2) is 0 Å². The molecule has 0 aromatic rings. The largest absolute Gasteiger partial charge is 0.469 e. The van der Waals surface area contributed by atoms with E-state index in [4.69, 9.17) is 18.0 Å². The molecular weight excluding hydrogens is 188 g/mol. The van der Waals surface area contributed by atoms with Crippen LogP contribution in [0.1, 0.15) is 13.3 Å². The van der Waals surface area contributed by atoms with E-state index in [-0.39, 0.29) is 5.97 Å². The third kappa shape index (κ3) is 6.48. The summed E-state index contributed by atoms with van der Waals surface area (Å²) in [7, 11) is 1.38. The lowest BCUT2D eigenvalue weighted by atomic mass is 10.3. The molecule has 76 valence electrons. The van der Waals surface area contributed by atoms with Crippen LogP contribution < -0.4 is 5.73 Å². The van der Waals surface area contributed by atoms with Gasteiger partial charge < -0.3 is 10.5 Å². The van der Waals surface area contributed by atoms with Crippen LogP contribution in [0, 0.1) is 0 Å². The summed E-state index contributed by atoms with van der Waals surface area (Å²) in [6.45, 7) is 4.02. The van der Waals surface area contributed by atoms with Gasteiger partial charge in [0.05, 0.1) is 18.5 Å². The Morgan fingerprint density at radius 2 is 2.23 bits per heavy atom. The molecule has 2 N–H and O–H groups in total. The van der Waals surface area contributed by atoms with Crippen LogP contribution in [0.4, 0.5) is 0 Å². The fraction of sp³-hybridized carbons (Fsp3) is 0.750. The first-order valence-corrected chi connectivity index (χ1v) is 4.58. The first-order valence-electron chi connectivity index (χ1n) is 4.17. The molecule has 0 fully saturated rings. The number of nitrogens with zero attached hydrogens (tertiary/aromatic N) is 1. The van der Waals surface area contributed by atoms with Crippen LogP contribution in [0.5, 0.6) is 0 Å². The molecule has 5 heteroatoms. The van der Waals surface area contributed by atoms with E-state index in [1.165, 1.54) is 7.11 Å². The summed E-state index contributed by atoms with van der Waals surface area (Å²) < 4.78 is 4.52. The number of thiocarbonyl (C=S) groups is 1. The molecule has 0 bridgehead atoms. The second-order valence-corrected chi connectivity index (χ2v) is 3.19. The predicted molar refractivity (Wildman–Crippen MR) is 55.5 cm³/mol.